The van der Waals surface area contributed by atoms with Crippen LogP contribution in [-0.2, 0) is 6.54 Å². The van der Waals surface area contributed by atoms with E-state index in [4.69, 9.17) is 0 Å². The second-order valence-electron chi connectivity index (χ2n) is 7.03. The summed E-state index contributed by atoms with van der Waals surface area (Å²) in [4.78, 5) is 18.8. The third-order valence-electron chi connectivity index (χ3n) is 4.91. The summed E-state index contributed by atoms with van der Waals surface area (Å²) in [7, 11) is 0. The average Bonchev–Trinajstić information content (AvgIpc) is 2.80. The van der Waals surface area contributed by atoms with Crippen LogP contribution >= 0.6 is 0 Å². The molecular weight excluding hydrogens is 364 g/mol. The molecule has 0 radical (unpaired) electrons. The highest BCUT2D eigenvalue weighted by Gasteiger charge is 2.11. The summed E-state index contributed by atoms with van der Waals surface area (Å²) in [5, 5.41) is 14.2. The number of pyridine rings is 1. The summed E-state index contributed by atoms with van der Waals surface area (Å²) in [6, 6.07) is 17.3. The predicted molar refractivity (Wildman–Crippen MR) is 113 cm³/mol. The second kappa shape index (κ2) is 9.14. The van der Waals surface area contributed by atoms with E-state index < -0.39 is 0 Å². The van der Waals surface area contributed by atoms with E-state index in [0.717, 1.165) is 24.5 Å². The molecule has 29 heavy (non-hydrogen) atoms. The number of aromatic nitrogens is 3. The molecule has 7 heteroatoms. The summed E-state index contributed by atoms with van der Waals surface area (Å²) in [6.45, 7) is 2.61. The number of benzene rings is 1. The van der Waals surface area contributed by atoms with Gasteiger partial charge in [-0.3, -0.25) is 9.78 Å². The maximum Gasteiger partial charge on any atom is 0.272 e. The molecule has 7 nitrogen and oxygen atoms in total. The molecule has 3 aromatic rings. The van der Waals surface area contributed by atoms with Crippen molar-refractivity contribution < 1.29 is 4.79 Å². The number of anilines is 3. The Hall–Kier alpha value is -3.48. The van der Waals surface area contributed by atoms with Crippen molar-refractivity contribution in [3.63, 3.8) is 0 Å². The Kier molecular flexibility index (Phi) is 5.95. The van der Waals surface area contributed by atoms with E-state index in [-0.39, 0.29) is 11.6 Å². The first-order chi connectivity index (χ1) is 14.3. The van der Waals surface area contributed by atoms with Gasteiger partial charge in [0.2, 0.25) is 0 Å². The van der Waals surface area contributed by atoms with Gasteiger partial charge in [0.1, 0.15) is 0 Å². The minimum atomic E-state index is -0.277. The van der Waals surface area contributed by atoms with E-state index in [0.29, 0.717) is 12.4 Å². The Bertz CT molecular complexity index is 922. The van der Waals surface area contributed by atoms with Crippen LogP contribution in [0.1, 0.15) is 35.4 Å². The topological polar surface area (TPSA) is 83.0 Å². The molecule has 1 amide bonds. The second-order valence-corrected chi connectivity index (χ2v) is 7.03. The lowest BCUT2D eigenvalue weighted by molar-refractivity contribution is 0.0944. The molecule has 2 N–H and O–H groups in total. The molecule has 1 saturated heterocycles. The number of carbonyl (C=O) groups is 1. The van der Waals surface area contributed by atoms with Crippen LogP contribution in [0.2, 0.25) is 0 Å². The third kappa shape index (κ3) is 5.07. The maximum atomic E-state index is 12.2. The zero-order chi connectivity index (χ0) is 19.9. The molecule has 0 bridgehead atoms. The van der Waals surface area contributed by atoms with E-state index in [2.05, 4.69) is 42.8 Å². The maximum absolute atomic E-state index is 12.2. The average molecular weight is 388 g/mol. The molecule has 148 valence electrons. The smallest absolute Gasteiger partial charge is 0.272 e. The molecule has 1 aliphatic rings. The molecule has 3 heterocycles. The molecule has 1 aromatic carbocycles. The zero-order valence-corrected chi connectivity index (χ0v) is 16.2. The van der Waals surface area contributed by atoms with E-state index >= 15 is 0 Å². The fourth-order valence-corrected chi connectivity index (χ4v) is 3.34. The Morgan fingerprint density at radius 2 is 1.76 bits per heavy atom. The highest BCUT2D eigenvalue weighted by atomic mass is 16.1. The van der Waals surface area contributed by atoms with E-state index in [1.165, 1.54) is 24.9 Å². The van der Waals surface area contributed by atoms with Gasteiger partial charge in [-0.25, -0.2) is 0 Å². The molecule has 0 aliphatic carbocycles. The zero-order valence-electron chi connectivity index (χ0n) is 16.2. The fraction of sp³-hybridized carbons (Fsp3) is 0.273. The fourth-order valence-electron chi connectivity index (χ4n) is 3.34. The van der Waals surface area contributed by atoms with Gasteiger partial charge in [-0.2, -0.15) is 0 Å². The first kappa shape index (κ1) is 18.9. The summed E-state index contributed by atoms with van der Waals surface area (Å²) >= 11 is 0. The summed E-state index contributed by atoms with van der Waals surface area (Å²) in [5.74, 6) is 0.317. The Balaban J connectivity index is 1.32. The van der Waals surface area contributed by atoms with Crippen molar-refractivity contribution in [2.75, 3.05) is 23.3 Å². The van der Waals surface area contributed by atoms with Gasteiger partial charge in [-0.1, -0.05) is 6.07 Å². The van der Waals surface area contributed by atoms with Gasteiger partial charge in [0, 0.05) is 30.7 Å². The molecule has 0 saturated carbocycles. The standard InChI is InChI=1S/C22H24N6O/c29-22(24-16-18-6-2-3-13-23-18)20-11-12-21(27-26-20)25-17-7-9-19(10-8-17)28-14-4-1-5-15-28/h2-3,6-13H,1,4-5,14-16H2,(H,24,29)(H,25,27). The number of amides is 1. The van der Waals surface area contributed by atoms with Gasteiger partial charge >= 0.3 is 0 Å². The normalized spacial score (nSPS) is 13.7. The summed E-state index contributed by atoms with van der Waals surface area (Å²) < 4.78 is 0. The van der Waals surface area contributed by atoms with Crippen LogP contribution in [0.5, 0.6) is 0 Å². The molecular formula is C22H24N6O. The number of rotatable bonds is 6. The lowest BCUT2D eigenvalue weighted by atomic mass is 10.1. The third-order valence-corrected chi connectivity index (χ3v) is 4.91. The van der Waals surface area contributed by atoms with E-state index in [9.17, 15) is 4.79 Å². The van der Waals surface area contributed by atoms with Crippen molar-refractivity contribution >= 4 is 23.1 Å². The number of nitrogens with one attached hydrogen (secondary N) is 2. The van der Waals surface area contributed by atoms with E-state index in [1.54, 1.807) is 18.3 Å². The van der Waals surface area contributed by atoms with E-state index in [1.807, 2.05) is 30.3 Å². The first-order valence-electron chi connectivity index (χ1n) is 9.92. The van der Waals surface area contributed by atoms with Gasteiger partial charge < -0.3 is 15.5 Å². The molecule has 0 spiro atoms. The highest BCUT2D eigenvalue weighted by Crippen LogP contribution is 2.23. The van der Waals surface area contributed by atoms with Crippen molar-refractivity contribution in [3.05, 3.63) is 72.2 Å². The molecule has 1 fully saturated rings. The Morgan fingerprint density at radius 1 is 0.931 bits per heavy atom. The SMILES string of the molecule is O=C(NCc1ccccn1)c1ccc(Nc2ccc(N3CCCCC3)cc2)nn1. The molecule has 4 rings (SSSR count). The van der Waals surface area contributed by atoms with Gasteiger partial charge in [0.15, 0.2) is 11.5 Å². The Morgan fingerprint density at radius 3 is 2.45 bits per heavy atom. The first-order valence-corrected chi connectivity index (χ1v) is 9.92. The lowest BCUT2D eigenvalue weighted by Crippen LogP contribution is -2.29. The summed E-state index contributed by atoms with van der Waals surface area (Å²) in [6.07, 6.45) is 5.54. The Labute approximate surface area is 170 Å². The van der Waals surface area contributed by atoms with Crippen LogP contribution < -0.4 is 15.5 Å². The molecule has 2 aromatic heterocycles. The number of carbonyl (C=O) groups excluding carboxylic acids is 1. The molecule has 0 atom stereocenters. The van der Waals surface area contributed by atoms with Crippen molar-refractivity contribution in [1.82, 2.24) is 20.5 Å². The van der Waals surface area contributed by atoms with Crippen LogP contribution in [0.25, 0.3) is 0 Å². The van der Waals surface area contributed by atoms with Gasteiger partial charge in [-0.15, -0.1) is 10.2 Å². The van der Waals surface area contributed by atoms with Crippen LogP contribution in [0.3, 0.4) is 0 Å². The van der Waals surface area contributed by atoms with Gasteiger partial charge in [0.05, 0.1) is 12.2 Å². The van der Waals surface area contributed by atoms with Crippen LogP contribution in [0.15, 0.2) is 60.8 Å². The minimum absolute atomic E-state index is 0.270. The largest absolute Gasteiger partial charge is 0.372 e. The molecule has 1 aliphatic heterocycles. The lowest BCUT2D eigenvalue weighted by Gasteiger charge is -2.28. The number of hydrogen-bond donors (Lipinski definition) is 2. The van der Waals surface area contributed by atoms with Crippen LogP contribution in [0, 0.1) is 0 Å². The van der Waals surface area contributed by atoms with Gasteiger partial charge in [-0.05, 0) is 67.8 Å². The minimum Gasteiger partial charge on any atom is -0.372 e. The summed E-state index contributed by atoms with van der Waals surface area (Å²) in [5.41, 5.74) is 3.25. The van der Waals surface area contributed by atoms with Crippen LogP contribution in [-0.4, -0.2) is 34.2 Å². The van der Waals surface area contributed by atoms with Gasteiger partial charge in [0.25, 0.3) is 5.91 Å². The quantitative estimate of drug-likeness (QED) is 0.672. The predicted octanol–water partition coefficient (Wildman–Crippen LogP) is 3.54. The number of piperidine rings is 1. The van der Waals surface area contributed by atoms with Crippen molar-refractivity contribution in [2.45, 2.75) is 25.8 Å². The number of nitrogens with zero attached hydrogens (tertiary/aromatic N) is 4. The molecule has 0 unspecified atom stereocenters. The van der Waals surface area contributed by atoms with Crippen molar-refractivity contribution in [1.29, 1.82) is 0 Å². The monoisotopic (exact) mass is 388 g/mol. The van der Waals surface area contributed by atoms with Crippen molar-refractivity contribution in [2.24, 2.45) is 0 Å². The highest BCUT2D eigenvalue weighted by molar-refractivity contribution is 5.92. The van der Waals surface area contributed by atoms with Crippen LogP contribution in [0.4, 0.5) is 17.2 Å². The van der Waals surface area contributed by atoms with Crippen molar-refractivity contribution in [3.8, 4) is 0 Å². The number of hydrogen-bond acceptors (Lipinski definition) is 6.